The number of nitrogens with one attached hydrogen (secondary N) is 1. The molecule has 0 aliphatic heterocycles. The molecule has 2 amide bonds. The van der Waals surface area contributed by atoms with Gasteiger partial charge in [-0.15, -0.1) is 6.58 Å². The van der Waals surface area contributed by atoms with Crippen LogP contribution in [0.25, 0.3) is 0 Å². The van der Waals surface area contributed by atoms with Crippen molar-refractivity contribution in [3.63, 3.8) is 0 Å². The van der Waals surface area contributed by atoms with E-state index in [0.717, 1.165) is 37.9 Å². The van der Waals surface area contributed by atoms with E-state index in [1.54, 1.807) is 6.08 Å². The molecule has 1 N–H and O–H groups in total. The third kappa shape index (κ3) is 4.63. The molecule has 96 valence electrons. The van der Waals surface area contributed by atoms with Crippen LogP contribution in [-0.4, -0.2) is 24.0 Å². The highest BCUT2D eigenvalue weighted by molar-refractivity contribution is 5.76. The van der Waals surface area contributed by atoms with Gasteiger partial charge in [-0.3, -0.25) is 4.90 Å². The van der Waals surface area contributed by atoms with Gasteiger partial charge in [0.2, 0.25) is 0 Å². The van der Waals surface area contributed by atoms with Crippen LogP contribution in [0.4, 0.5) is 4.79 Å². The van der Waals surface area contributed by atoms with Gasteiger partial charge in [-0.05, 0) is 32.1 Å². The highest BCUT2D eigenvalue weighted by atomic mass is 16.2. The zero-order chi connectivity index (χ0) is 12.5. The summed E-state index contributed by atoms with van der Waals surface area (Å²) in [6, 6.07) is 0.0199. The highest BCUT2D eigenvalue weighted by Gasteiger charge is 2.17. The average molecular weight is 236 g/mol. The SMILES string of the molecule is C=CCN(C(=O)NCCCC)C1=CCCCC1. The Labute approximate surface area is 105 Å². The first-order chi connectivity index (χ1) is 8.29. The predicted octanol–water partition coefficient (Wildman–Crippen LogP) is 3.44. The van der Waals surface area contributed by atoms with Gasteiger partial charge >= 0.3 is 6.03 Å². The molecule has 17 heavy (non-hydrogen) atoms. The Hall–Kier alpha value is -1.25. The molecule has 0 saturated carbocycles. The van der Waals surface area contributed by atoms with E-state index in [-0.39, 0.29) is 6.03 Å². The fourth-order valence-electron chi connectivity index (χ4n) is 1.99. The summed E-state index contributed by atoms with van der Waals surface area (Å²) in [5, 5.41) is 2.96. The molecule has 0 radical (unpaired) electrons. The van der Waals surface area contributed by atoms with Crippen molar-refractivity contribution in [1.29, 1.82) is 0 Å². The number of hydrogen-bond donors (Lipinski definition) is 1. The fourth-order valence-corrected chi connectivity index (χ4v) is 1.99. The maximum absolute atomic E-state index is 12.0. The van der Waals surface area contributed by atoms with Crippen molar-refractivity contribution in [3.8, 4) is 0 Å². The van der Waals surface area contributed by atoms with Crippen LogP contribution in [0.2, 0.25) is 0 Å². The first-order valence-electron chi connectivity index (χ1n) is 6.65. The predicted molar refractivity (Wildman–Crippen MR) is 71.8 cm³/mol. The van der Waals surface area contributed by atoms with E-state index >= 15 is 0 Å². The second-order valence-corrected chi connectivity index (χ2v) is 4.43. The van der Waals surface area contributed by atoms with E-state index in [1.807, 2.05) is 4.90 Å². The summed E-state index contributed by atoms with van der Waals surface area (Å²) >= 11 is 0. The van der Waals surface area contributed by atoms with Crippen molar-refractivity contribution in [2.24, 2.45) is 0 Å². The van der Waals surface area contributed by atoms with Gasteiger partial charge < -0.3 is 5.32 Å². The lowest BCUT2D eigenvalue weighted by Gasteiger charge is -2.26. The standard InChI is InChI=1S/C14H24N2O/c1-3-5-11-15-14(17)16(12-4-2)13-9-7-6-8-10-13/h4,9H,2-3,5-8,10-12H2,1H3,(H,15,17). The lowest BCUT2D eigenvalue weighted by molar-refractivity contribution is 0.212. The molecule has 0 aromatic carbocycles. The smallest absolute Gasteiger partial charge is 0.321 e. The first kappa shape index (κ1) is 13.8. The van der Waals surface area contributed by atoms with E-state index < -0.39 is 0 Å². The van der Waals surface area contributed by atoms with Crippen LogP contribution in [0.15, 0.2) is 24.4 Å². The van der Waals surface area contributed by atoms with Gasteiger partial charge in [0.25, 0.3) is 0 Å². The van der Waals surface area contributed by atoms with Crippen molar-refractivity contribution < 1.29 is 4.79 Å². The highest BCUT2D eigenvalue weighted by Crippen LogP contribution is 2.20. The summed E-state index contributed by atoms with van der Waals surface area (Å²) in [4.78, 5) is 13.9. The summed E-state index contributed by atoms with van der Waals surface area (Å²) in [7, 11) is 0. The molecule has 0 aromatic rings. The van der Waals surface area contributed by atoms with E-state index in [2.05, 4.69) is 24.9 Å². The van der Waals surface area contributed by atoms with Crippen molar-refractivity contribution in [2.45, 2.75) is 45.4 Å². The lowest BCUT2D eigenvalue weighted by atomic mass is 10.0. The second-order valence-electron chi connectivity index (χ2n) is 4.43. The average Bonchev–Trinajstić information content (AvgIpc) is 2.37. The minimum atomic E-state index is 0.0199. The molecular formula is C14H24N2O. The van der Waals surface area contributed by atoms with Gasteiger partial charge in [-0.25, -0.2) is 4.79 Å². The van der Waals surface area contributed by atoms with Crippen LogP contribution < -0.4 is 5.32 Å². The molecule has 0 saturated heterocycles. The van der Waals surface area contributed by atoms with Crippen LogP contribution in [0.5, 0.6) is 0 Å². The van der Waals surface area contributed by atoms with Crippen molar-refractivity contribution in [2.75, 3.05) is 13.1 Å². The van der Waals surface area contributed by atoms with Crippen LogP contribution in [0, 0.1) is 0 Å². The summed E-state index contributed by atoms with van der Waals surface area (Å²) in [6.45, 7) is 7.21. The van der Waals surface area contributed by atoms with E-state index in [1.165, 1.54) is 12.8 Å². The Balaban J connectivity index is 2.54. The van der Waals surface area contributed by atoms with E-state index in [9.17, 15) is 4.79 Å². The minimum Gasteiger partial charge on any atom is -0.338 e. The monoisotopic (exact) mass is 236 g/mol. The zero-order valence-electron chi connectivity index (χ0n) is 10.9. The molecule has 0 unspecified atom stereocenters. The Morgan fingerprint density at radius 2 is 2.41 bits per heavy atom. The number of carbonyl (C=O) groups is 1. The minimum absolute atomic E-state index is 0.0199. The van der Waals surface area contributed by atoms with Gasteiger partial charge in [0, 0.05) is 18.8 Å². The number of urea groups is 1. The third-order valence-corrected chi connectivity index (χ3v) is 2.98. The molecule has 0 heterocycles. The summed E-state index contributed by atoms with van der Waals surface area (Å²) in [6.07, 6.45) is 10.6. The van der Waals surface area contributed by atoms with Crippen molar-refractivity contribution in [1.82, 2.24) is 10.2 Å². The number of amides is 2. The molecule has 1 rings (SSSR count). The maximum atomic E-state index is 12.0. The van der Waals surface area contributed by atoms with Gasteiger partial charge in [0.1, 0.15) is 0 Å². The summed E-state index contributed by atoms with van der Waals surface area (Å²) in [5.74, 6) is 0. The fraction of sp³-hybridized carbons (Fsp3) is 0.643. The van der Waals surface area contributed by atoms with Crippen LogP contribution >= 0.6 is 0 Å². The maximum Gasteiger partial charge on any atom is 0.321 e. The van der Waals surface area contributed by atoms with Crippen LogP contribution in [-0.2, 0) is 0 Å². The largest absolute Gasteiger partial charge is 0.338 e. The van der Waals surface area contributed by atoms with E-state index in [4.69, 9.17) is 0 Å². The van der Waals surface area contributed by atoms with Crippen LogP contribution in [0.3, 0.4) is 0 Å². The number of carbonyl (C=O) groups excluding carboxylic acids is 1. The zero-order valence-corrected chi connectivity index (χ0v) is 10.9. The molecule has 3 nitrogen and oxygen atoms in total. The molecule has 3 heteroatoms. The lowest BCUT2D eigenvalue weighted by Crippen LogP contribution is -2.40. The van der Waals surface area contributed by atoms with Crippen LogP contribution in [0.1, 0.15) is 45.4 Å². The quantitative estimate of drug-likeness (QED) is 0.556. The normalized spacial score (nSPS) is 15.0. The Morgan fingerprint density at radius 3 is 3.00 bits per heavy atom. The van der Waals surface area contributed by atoms with Crippen molar-refractivity contribution >= 4 is 6.03 Å². The second kappa shape index (κ2) is 7.93. The number of hydrogen-bond acceptors (Lipinski definition) is 1. The molecule has 0 aromatic heterocycles. The molecule has 0 fully saturated rings. The molecule has 1 aliphatic carbocycles. The van der Waals surface area contributed by atoms with Gasteiger partial charge in [-0.1, -0.05) is 25.5 Å². The first-order valence-corrected chi connectivity index (χ1v) is 6.65. The van der Waals surface area contributed by atoms with E-state index in [0.29, 0.717) is 6.54 Å². The summed E-state index contributed by atoms with van der Waals surface area (Å²) < 4.78 is 0. The molecular weight excluding hydrogens is 212 g/mol. The topological polar surface area (TPSA) is 32.3 Å². The van der Waals surface area contributed by atoms with Gasteiger partial charge in [0.15, 0.2) is 0 Å². The summed E-state index contributed by atoms with van der Waals surface area (Å²) in [5.41, 5.74) is 1.16. The third-order valence-electron chi connectivity index (χ3n) is 2.98. The Kier molecular flexibility index (Phi) is 6.45. The number of allylic oxidation sites excluding steroid dienone is 2. The van der Waals surface area contributed by atoms with Gasteiger partial charge in [-0.2, -0.15) is 0 Å². The molecule has 0 bridgehead atoms. The van der Waals surface area contributed by atoms with Crippen molar-refractivity contribution in [3.05, 3.63) is 24.4 Å². The Morgan fingerprint density at radius 1 is 1.59 bits per heavy atom. The van der Waals surface area contributed by atoms with Gasteiger partial charge in [0.05, 0.1) is 0 Å². The number of nitrogens with zero attached hydrogens (tertiary/aromatic N) is 1. The number of rotatable bonds is 6. The molecule has 0 spiro atoms. The Bertz CT molecular complexity index is 284. The molecule has 1 aliphatic rings. The molecule has 0 atom stereocenters. The number of unbranched alkanes of at least 4 members (excludes halogenated alkanes) is 1.